The van der Waals surface area contributed by atoms with Crippen molar-refractivity contribution in [3.8, 4) is 0 Å². The second-order valence-electron chi connectivity index (χ2n) is 3.76. The van der Waals surface area contributed by atoms with Crippen LogP contribution >= 0.6 is 15.9 Å². The van der Waals surface area contributed by atoms with Crippen LogP contribution in [0.3, 0.4) is 0 Å². The Morgan fingerprint density at radius 2 is 2.29 bits per heavy atom. The quantitative estimate of drug-likeness (QED) is 0.863. The highest BCUT2D eigenvalue weighted by molar-refractivity contribution is 9.10. The maximum atomic E-state index is 9.36. The van der Waals surface area contributed by atoms with Gasteiger partial charge in [-0.3, -0.25) is 0 Å². The fourth-order valence-corrected chi connectivity index (χ4v) is 2.28. The molecule has 0 aliphatic carbocycles. The molecule has 0 aromatic heterocycles. The Morgan fingerprint density at radius 3 is 2.79 bits per heavy atom. The standard InChI is InChI=1S/C11H14BrNO/c12-10-3-1-2-8(4-10)11(7-14)9-5-13-6-9/h1-4,9,11,13-14H,5-7H2. The van der Waals surface area contributed by atoms with Gasteiger partial charge in [0.2, 0.25) is 0 Å². The van der Waals surface area contributed by atoms with E-state index in [9.17, 15) is 5.11 Å². The van der Waals surface area contributed by atoms with Crippen molar-refractivity contribution >= 4 is 15.9 Å². The molecule has 0 radical (unpaired) electrons. The van der Waals surface area contributed by atoms with Gasteiger partial charge in [0.1, 0.15) is 0 Å². The number of aliphatic hydroxyl groups is 1. The second kappa shape index (κ2) is 4.43. The van der Waals surface area contributed by atoms with Gasteiger partial charge in [0.25, 0.3) is 0 Å². The van der Waals surface area contributed by atoms with Crippen LogP contribution in [0.2, 0.25) is 0 Å². The van der Waals surface area contributed by atoms with E-state index in [0.29, 0.717) is 5.92 Å². The van der Waals surface area contributed by atoms with Gasteiger partial charge in [-0.1, -0.05) is 28.1 Å². The van der Waals surface area contributed by atoms with Crippen molar-refractivity contribution in [2.45, 2.75) is 5.92 Å². The van der Waals surface area contributed by atoms with Crippen molar-refractivity contribution in [1.82, 2.24) is 5.32 Å². The topological polar surface area (TPSA) is 32.3 Å². The number of rotatable bonds is 3. The van der Waals surface area contributed by atoms with Crippen molar-refractivity contribution in [2.75, 3.05) is 19.7 Å². The van der Waals surface area contributed by atoms with Crippen molar-refractivity contribution in [3.63, 3.8) is 0 Å². The number of halogens is 1. The third-order valence-electron chi connectivity index (χ3n) is 2.86. The summed E-state index contributed by atoms with van der Waals surface area (Å²) in [5.41, 5.74) is 1.23. The first-order valence-electron chi connectivity index (χ1n) is 4.88. The molecule has 1 heterocycles. The van der Waals surface area contributed by atoms with Gasteiger partial charge in [0.05, 0.1) is 6.61 Å². The van der Waals surface area contributed by atoms with Crippen LogP contribution in [0.5, 0.6) is 0 Å². The van der Waals surface area contributed by atoms with E-state index in [2.05, 4.69) is 33.4 Å². The molecular weight excluding hydrogens is 242 g/mol. The molecule has 0 amide bonds. The Morgan fingerprint density at radius 1 is 1.50 bits per heavy atom. The van der Waals surface area contributed by atoms with Crippen LogP contribution in [-0.2, 0) is 0 Å². The number of benzene rings is 1. The summed E-state index contributed by atoms with van der Waals surface area (Å²) in [6, 6.07) is 8.22. The van der Waals surface area contributed by atoms with Gasteiger partial charge in [-0.2, -0.15) is 0 Å². The zero-order valence-corrected chi connectivity index (χ0v) is 9.50. The third-order valence-corrected chi connectivity index (χ3v) is 3.35. The Balaban J connectivity index is 2.17. The summed E-state index contributed by atoms with van der Waals surface area (Å²) < 4.78 is 1.08. The van der Waals surface area contributed by atoms with Crippen molar-refractivity contribution in [3.05, 3.63) is 34.3 Å². The highest BCUT2D eigenvalue weighted by Crippen LogP contribution is 2.28. The molecule has 14 heavy (non-hydrogen) atoms. The Kier molecular flexibility index (Phi) is 3.21. The van der Waals surface area contributed by atoms with E-state index in [4.69, 9.17) is 0 Å². The maximum absolute atomic E-state index is 9.36. The van der Waals surface area contributed by atoms with Gasteiger partial charge in [0.15, 0.2) is 0 Å². The molecule has 1 aromatic rings. The Labute approximate surface area is 92.5 Å². The van der Waals surface area contributed by atoms with E-state index < -0.39 is 0 Å². The molecule has 76 valence electrons. The van der Waals surface area contributed by atoms with Crippen molar-refractivity contribution in [2.24, 2.45) is 5.92 Å². The van der Waals surface area contributed by atoms with Crippen LogP contribution in [-0.4, -0.2) is 24.8 Å². The molecule has 0 spiro atoms. The molecule has 0 saturated carbocycles. The van der Waals surface area contributed by atoms with E-state index in [1.807, 2.05) is 12.1 Å². The maximum Gasteiger partial charge on any atom is 0.0503 e. The minimum Gasteiger partial charge on any atom is -0.396 e. The average molecular weight is 256 g/mol. The minimum atomic E-state index is 0.239. The fourth-order valence-electron chi connectivity index (χ4n) is 1.86. The van der Waals surface area contributed by atoms with E-state index in [1.54, 1.807) is 0 Å². The summed E-state index contributed by atoms with van der Waals surface area (Å²) in [5.74, 6) is 0.878. The first kappa shape index (κ1) is 10.1. The van der Waals surface area contributed by atoms with Crippen LogP contribution in [0.25, 0.3) is 0 Å². The smallest absolute Gasteiger partial charge is 0.0503 e. The molecule has 2 N–H and O–H groups in total. The van der Waals surface area contributed by atoms with Crippen LogP contribution in [0.1, 0.15) is 11.5 Å². The second-order valence-corrected chi connectivity index (χ2v) is 4.68. The first-order chi connectivity index (χ1) is 6.81. The molecule has 2 nitrogen and oxygen atoms in total. The zero-order chi connectivity index (χ0) is 9.97. The Bertz CT molecular complexity index is 312. The van der Waals surface area contributed by atoms with Gasteiger partial charge in [0, 0.05) is 10.4 Å². The van der Waals surface area contributed by atoms with Gasteiger partial charge in [-0.25, -0.2) is 0 Å². The molecule has 3 heteroatoms. The monoisotopic (exact) mass is 255 g/mol. The molecule has 1 aliphatic heterocycles. The summed E-state index contributed by atoms with van der Waals surface area (Å²) in [6.07, 6.45) is 0. The van der Waals surface area contributed by atoms with Gasteiger partial charge < -0.3 is 10.4 Å². The number of hydrogen-bond acceptors (Lipinski definition) is 2. The lowest BCUT2D eigenvalue weighted by Crippen LogP contribution is -2.46. The van der Waals surface area contributed by atoms with E-state index in [1.165, 1.54) is 5.56 Å². The summed E-state index contributed by atoms with van der Waals surface area (Å²) >= 11 is 3.45. The number of hydrogen-bond donors (Lipinski definition) is 2. The van der Waals surface area contributed by atoms with Crippen molar-refractivity contribution in [1.29, 1.82) is 0 Å². The summed E-state index contributed by atoms with van der Waals surface area (Å²) in [7, 11) is 0. The van der Waals surface area contributed by atoms with Crippen LogP contribution in [0.4, 0.5) is 0 Å². The molecule has 1 aromatic carbocycles. The van der Waals surface area contributed by atoms with E-state index in [-0.39, 0.29) is 12.5 Å². The summed E-state index contributed by atoms with van der Waals surface area (Å²) in [4.78, 5) is 0. The molecule has 0 bridgehead atoms. The predicted molar refractivity (Wildman–Crippen MR) is 60.3 cm³/mol. The highest BCUT2D eigenvalue weighted by Gasteiger charge is 2.27. The first-order valence-corrected chi connectivity index (χ1v) is 5.67. The van der Waals surface area contributed by atoms with Gasteiger partial charge in [-0.05, 0) is 36.7 Å². The minimum absolute atomic E-state index is 0.239. The lowest BCUT2D eigenvalue weighted by molar-refractivity contribution is 0.188. The van der Waals surface area contributed by atoms with Crippen molar-refractivity contribution < 1.29 is 5.11 Å². The third kappa shape index (κ3) is 2.00. The van der Waals surface area contributed by atoms with Gasteiger partial charge >= 0.3 is 0 Å². The SMILES string of the molecule is OCC(c1cccc(Br)c1)C1CNC1. The predicted octanol–water partition coefficient (Wildman–Crippen LogP) is 1.74. The molecule has 1 unspecified atom stereocenters. The molecular formula is C11H14BrNO. The van der Waals surface area contributed by atoms with Gasteiger partial charge in [-0.15, -0.1) is 0 Å². The highest BCUT2D eigenvalue weighted by atomic mass is 79.9. The lowest BCUT2D eigenvalue weighted by Gasteiger charge is -2.34. The molecule has 1 atom stereocenters. The molecule has 1 fully saturated rings. The average Bonchev–Trinajstić information content (AvgIpc) is 2.10. The normalized spacial score (nSPS) is 19.0. The van der Waals surface area contributed by atoms with Crippen LogP contribution in [0, 0.1) is 5.92 Å². The van der Waals surface area contributed by atoms with Crippen LogP contribution < -0.4 is 5.32 Å². The Hall–Kier alpha value is -0.380. The number of aliphatic hydroxyl groups excluding tert-OH is 1. The lowest BCUT2D eigenvalue weighted by atomic mass is 9.83. The van der Waals surface area contributed by atoms with E-state index >= 15 is 0 Å². The largest absolute Gasteiger partial charge is 0.396 e. The molecule has 1 aliphatic rings. The summed E-state index contributed by atoms with van der Waals surface area (Å²) in [6.45, 7) is 2.29. The van der Waals surface area contributed by atoms with E-state index in [0.717, 1.165) is 17.6 Å². The molecule has 2 rings (SSSR count). The van der Waals surface area contributed by atoms with Crippen LogP contribution in [0.15, 0.2) is 28.7 Å². The summed E-state index contributed by atoms with van der Waals surface area (Å²) in [5, 5.41) is 12.6. The fraction of sp³-hybridized carbons (Fsp3) is 0.455. The molecule has 1 saturated heterocycles. The number of nitrogens with one attached hydrogen (secondary N) is 1. The zero-order valence-electron chi connectivity index (χ0n) is 7.91.